The maximum Gasteiger partial charge on any atom is 0.119 e. The molecule has 0 fully saturated rings. The van der Waals surface area contributed by atoms with E-state index in [4.69, 9.17) is 14.6 Å². The number of ether oxygens (including phenoxy) is 2. The van der Waals surface area contributed by atoms with E-state index in [0.717, 1.165) is 15.8 Å². The lowest BCUT2D eigenvalue weighted by Crippen LogP contribution is -2.04. The van der Waals surface area contributed by atoms with Crippen LogP contribution in [0.4, 0.5) is 0 Å². The zero-order chi connectivity index (χ0) is 10.4. The molecular weight excluding hydrogens is 248 g/mol. The summed E-state index contributed by atoms with van der Waals surface area (Å²) in [6.07, 6.45) is 0. The van der Waals surface area contributed by atoms with Gasteiger partial charge in [0.1, 0.15) is 12.4 Å². The highest BCUT2D eigenvalue weighted by molar-refractivity contribution is 9.10. The molecule has 1 rings (SSSR count). The number of benzene rings is 1. The van der Waals surface area contributed by atoms with Gasteiger partial charge in [-0.3, -0.25) is 0 Å². The molecule has 4 heteroatoms. The third-order valence-corrected chi connectivity index (χ3v) is 2.52. The number of aliphatic hydroxyl groups excluding tert-OH is 1. The molecule has 0 aliphatic heterocycles. The highest BCUT2D eigenvalue weighted by Gasteiger charge is 2.00. The highest BCUT2D eigenvalue weighted by atomic mass is 79.9. The normalized spacial score (nSPS) is 10.2. The molecule has 0 amide bonds. The molecule has 3 nitrogen and oxygen atoms in total. The lowest BCUT2D eigenvalue weighted by molar-refractivity contribution is 0.146. The summed E-state index contributed by atoms with van der Waals surface area (Å²) < 4.78 is 11.1. The molecule has 0 spiro atoms. The van der Waals surface area contributed by atoms with Crippen LogP contribution in [0.5, 0.6) is 5.75 Å². The zero-order valence-corrected chi connectivity index (χ0v) is 9.58. The van der Waals surface area contributed by atoms with Crippen molar-refractivity contribution in [2.24, 2.45) is 0 Å². The second-order valence-corrected chi connectivity index (χ2v) is 3.61. The first kappa shape index (κ1) is 11.5. The van der Waals surface area contributed by atoms with E-state index < -0.39 is 0 Å². The first-order valence-electron chi connectivity index (χ1n) is 4.29. The van der Waals surface area contributed by atoms with Crippen molar-refractivity contribution in [1.29, 1.82) is 0 Å². The van der Waals surface area contributed by atoms with Crippen LogP contribution in [0.15, 0.2) is 22.7 Å². The molecule has 1 N–H and O–H groups in total. The van der Waals surface area contributed by atoms with Crippen molar-refractivity contribution >= 4 is 15.9 Å². The topological polar surface area (TPSA) is 38.7 Å². The summed E-state index contributed by atoms with van der Waals surface area (Å²) in [5.74, 6) is 0.745. The summed E-state index contributed by atoms with van der Waals surface area (Å²) in [6, 6.07) is 5.51. The fourth-order valence-corrected chi connectivity index (χ4v) is 1.38. The maximum absolute atomic E-state index is 9.00. The third-order valence-electron chi connectivity index (χ3n) is 1.74. The van der Waals surface area contributed by atoms with E-state index in [1.54, 1.807) is 13.2 Å². The van der Waals surface area contributed by atoms with E-state index in [9.17, 15) is 0 Å². The maximum atomic E-state index is 9.00. The van der Waals surface area contributed by atoms with Crippen LogP contribution in [0.2, 0.25) is 0 Å². The van der Waals surface area contributed by atoms with E-state index >= 15 is 0 Å². The largest absolute Gasteiger partial charge is 0.491 e. The van der Waals surface area contributed by atoms with Crippen molar-refractivity contribution in [2.45, 2.75) is 6.61 Å². The van der Waals surface area contributed by atoms with Crippen LogP contribution >= 0.6 is 15.9 Å². The monoisotopic (exact) mass is 260 g/mol. The summed E-state index contributed by atoms with van der Waals surface area (Å²) >= 11 is 3.33. The van der Waals surface area contributed by atoms with Crippen LogP contribution in [-0.4, -0.2) is 25.4 Å². The minimum Gasteiger partial charge on any atom is -0.491 e. The molecule has 0 unspecified atom stereocenters. The molecule has 1 aromatic carbocycles. The van der Waals surface area contributed by atoms with Gasteiger partial charge in [-0.1, -0.05) is 15.9 Å². The highest BCUT2D eigenvalue weighted by Crippen LogP contribution is 2.22. The Labute approximate surface area is 91.8 Å². The van der Waals surface area contributed by atoms with Gasteiger partial charge in [0.2, 0.25) is 0 Å². The van der Waals surface area contributed by atoms with Crippen molar-refractivity contribution in [3.05, 3.63) is 28.2 Å². The van der Waals surface area contributed by atoms with E-state index in [1.165, 1.54) is 0 Å². The van der Waals surface area contributed by atoms with Crippen molar-refractivity contribution in [2.75, 3.05) is 20.3 Å². The van der Waals surface area contributed by atoms with Crippen LogP contribution in [0.3, 0.4) is 0 Å². The minimum absolute atomic E-state index is 0.00204. The zero-order valence-electron chi connectivity index (χ0n) is 8.00. The molecule has 0 radical (unpaired) electrons. The van der Waals surface area contributed by atoms with Gasteiger partial charge in [0, 0.05) is 11.6 Å². The van der Waals surface area contributed by atoms with E-state index in [1.807, 2.05) is 12.1 Å². The minimum atomic E-state index is 0.00204. The Balaban J connectivity index is 2.60. The number of methoxy groups -OCH3 is 1. The van der Waals surface area contributed by atoms with Crippen molar-refractivity contribution in [1.82, 2.24) is 0 Å². The Kier molecular flexibility index (Phi) is 4.93. The Morgan fingerprint density at radius 1 is 1.36 bits per heavy atom. The lowest BCUT2D eigenvalue weighted by Gasteiger charge is -2.07. The average Bonchev–Trinajstić information content (AvgIpc) is 2.21. The fourth-order valence-electron chi connectivity index (χ4n) is 1.00. The van der Waals surface area contributed by atoms with E-state index in [0.29, 0.717) is 13.2 Å². The molecule has 0 aliphatic carbocycles. The molecule has 0 saturated carbocycles. The van der Waals surface area contributed by atoms with Crippen molar-refractivity contribution in [3.8, 4) is 5.75 Å². The standard InChI is InChI=1S/C10H13BrO3/c1-13-4-5-14-9-2-3-10(11)8(6-9)7-12/h2-3,6,12H,4-5,7H2,1H3. The van der Waals surface area contributed by atoms with Gasteiger partial charge < -0.3 is 14.6 Å². The molecule has 14 heavy (non-hydrogen) atoms. The summed E-state index contributed by atoms with van der Waals surface area (Å²) in [6.45, 7) is 1.08. The summed E-state index contributed by atoms with van der Waals surface area (Å²) in [4.78, 5) is 0. The van der Waals surface area contributed by atoms with Gasteiger partial charge in [0.05, 0.1) is 13.2 Å². The fraction of sp³-hybridized carbons (Fsp3) is 0.400. The second kappa shape index (κ2) is 6.01. The smallest absolute Gasteiger partial charge is 0.119 e. The molecule has 78 valence electrons. The van der Waals surface area contributed by atoms with Gasteiger partial charge in [0.25, 0.3) is 0 Å². The number of halogens is 1. The van der Waals surface area contributed by atoms with Gasteiger partial charge in [-0.25, -0.2) is 0 Å². The molecule has 0 aromatic heterocycles. The second-order valence-electron chi connectivity index (χ2n) is 2.75. The Morgan fingerprint density at radius 2 is 2.14 bits per heavy atom. The summed E-state index contributed by atoms with van der Waals surface area (Å²) in [7, 11) is 1.63. The first-order chi connectivity index (χ1) is 6.77. The lowest BCUT2D eigenvalue weighted by atomic mass is 10.2. The molecule has 0 aliphatic rings. The van der Waals surface area contributed by atoms with Crippen molar-refractivity contribution in [3.63, 3.8) is 0 Å². The number of hydrogen-bond donors (Lipinski definition) is 1. The van der Waals surface area contributed by atoms with Crippen LogP contribution in [0, 0.1) is 0 Å². The van der Waals surface area contributed by atoms with E-state index in [2.05, 4.69) is 15.9 Å². The predicted molar refractivity (Wildman–Crippen MR) is 57.4 cm³/mol. The third kappa shape index (κ3) is 3.29. The molecule has 0 bridgehead atoms. The molecular formula is C10H13BrO3. The van der Waals surface area contributed by atoms with Gasteiger partial charge in [-0.2, -0.15) is 0 Å². The quantitative estimate of drug-likeness (QED) is 0.823. The van der Waals surface area contributed by atoms with Gasteiger partial charge in [-0.15, -0.1) is 0 Å². The molecule has 1 aromatic rings. The number of rotatable bonds is 5. The van der Waals surface area contributed by atoms with Crippen LogP contribution in [0.25, 0.3) is 0 Å². The summed E-state index contributed by atoms with van der Waals surface area (Å²) in [5.41, 5.74) is 0.819. The number of hydrogen-bond acceptors (Lipinski definition) is 3. The Bertz CT molecular complexity index is 289. The van der Waals surface area contributed by atoms with Crippen LogP contribution < -0.4 is 4.74 Å². The van der Waals surface area contributed by atoms with Crippen LogP contribution in [-0.2, 0) is 11.3 Å². The van der Waals surface area contributed by atoms with Gasteiger partial charge in [0.15, 0.2) is 0 Å². The van der Waals surface area contributed by atoms with Crippen LogP contribution in [0.1, 0.15) is 5.56 Å². The van der Waals surface area contributed by atoms with E-state index in [-0.39, 0.29) is 6.61 Å². The molecule has 0 saturated heterocycles. The number of aliphatic hydroxyl groups is 1. The summed E-state index contributed by atoms with van der Waals surface area (Å²) in [5, 5.41) is 9.00. The first-order valence-corrected chi connectivity index (χ1v) is 5.08. The SMILES string of the molecule is COCCOc1ccc(Br)c(CO)c1. The predicted octanol–water partition coefficient (Wildman–Crippen LogP) is 1.97. The Hall–Kier alpha value is -0.580. The Morgan fingerprint density at radius 3 is 2.79 bits per heavy atom. The van der Waals surface area contributed by atoms with Gasteiger partial charge >= 0.3 is 0 Å². The molecule has 0 heterocycles. The molecule has 0 atom stereocenters. The van der Waals surface area contributed by atoms with Crippen molar-refractivity contribution < 1.29 is 14.6 Å². The van der Waals surface area contributed by atoms with Gasteiger partial charge in [-0.05, 0) is 23.8 Å². The average molecular weight is 261 g/mol.